The normalized spacial score (nSPS) is 17.9. The fourth-order valence-electron chi connectivity index (χ4n) is 3.33. The molecular weight excluding hydrogens is 300 g/mol. The number of likely N-dealkylation sites (N-methyl/N-ethyl adjacent to an activating group) is 1. The second-order valence-corrected chi connectivity index (χ2v) is 6.68. The second kappa shape index (κ2) is 8.35. The van der Waals surface area contributed by atoms with Crippen LogP contribution in [0.1, 0.15) is 43.6 Å². The molecule has 0 amide bonds. The predicted octanol–water partition coefficient (Wildman–Crippen LogP) is 2.20. The zero-order valence-corrected chi connectivity index (χ0v) is 14.8. The van der Waals surface area contributed by atoms with Crippen molar-refractivity contribution in [1.82, 2.24) is 30.0 Å². The average Bonchev–Trinajstić information content (AvgIpc) is 3.06. The topological polar surface area (TPSA) is 50.1 Å². The van der Waals surface area contributed by atoms with E-state index < -0.39 is 0 Å². The van der Waals surface area contributed by atoms with Crippen molar-refractivity contribution in [3.8, 4) is 0 Å². The highest BCUT2D eigenvalue weighted by atomic mass is 15.6. The van der Waals surface area contributed by atoms with Crippen LogP contribution in [0.3, 0.4) is 0 Å². The molecule has 0 saturated carbocycles. The maximum Gasteiger partial charge on any atom is 0.168 e. The van der Waals surface area contributed by atoms with Gasteiger partial charge in [-0.25, -0.2) is 4.68 Å². The molecule has 0 spiro atoms. The lowest BCUT2D eigenvalue weighted by atomic mass is 10.1. The van der Waals surface area contributed by atoms with Gasteiger partial charge in [0.2, 0.25) is 0 Å². The molecule has 0 radical (unpaired) electrons. The Hall–Kier alpha value is -1.79. The van der Waals surface area contributed by atoms with Gasteiger partial charge in [0, 0.05) is 26.2 Å². The van der Waals surface area contributed by atoms with Crippen molar-refractivity contribution in [3.05, 3.63) is 41.7 Å². The zero-order valence-electron chi connectivity index (χ0n) is 14.8. The summed E-state index contributed by atoms with van der Waals surface area (Å²) in [6.07, 6.45) is 3.52. The Kier molecular flexibility index (Phi) is 5.93. The Morgan fingerprint density at radius 1 is 1.08 bits per heavy atom. The first-order valence-corrected chi connectivity index (χ1v) is 9.00. The van der Waals surface area contributed by atoms with Crippen molar-refractivity contribution in [1.29, 1.82) is 0 Å². The number of nitrogens with zero attached hydrogens (tertiary/aromatic N) is 6. The fourth-order valence-corrected chi connectivity index (χ4v) is 3.33. The molecule has 1 atom stereocenters. The van der Waals surface area contributed by atoms with E-state index in [1.54, 1.807) is 0 Å². The Labute approximate surface area is 144 Å². The summed E-state index contributed by atoms with van der Waals surface area (Å²) in [5.41, 5.74) is 1.23. The zero-order chi connectivity index (χ0) is 16.8. The molecular formula is C18H28N6. The molecule has 1 aliphatic heterocycles. The number of unbranched alkanes of at least 4 members (excludes halogenated alkanes) is 1. The number of hydrogen-bond acceptors (Lipinski definition) is 5. The van der Waals surface area contributed by atoms with Crippen LogP contribution >= 0.6 is 0 Å². The molecule has 1 unspecified atom stereocenters. The molecule has 1 aromatic carbocycles. The van der Waals surface area contributed by atoms with Crippen LogP contribution in [0.5, 0.6) is 0 Å². The van der Waals surface area contributed by atoms with Gasteiger partial charge in [-0.2, -0.15) is 0 Å². The van der Waals surface area contributed by atoms with Crippen LogP contribution in [0.2, 0.25) is 0 Å². The van der Waals surface area contributed by atoms with Crippen LogP contribution in [0.25, 0.3) is 0 Å². The van der Waals surface area contributed by atoms with Gasteiger partial charge in [0.15, 0.2) is 5.82 Å². The van der Waals surface area contributed by atoms with Crippen LogP contribution in [-0.4, -0.2) is 63.2 Å². The quantitative estimate of drug-likeness (QED) is 0.780. The van der Waals surface area contributed by atoms with Crippen molar-refractivity contribution in [2.45, 2.75) is 38.8 Å². The number of aromatic nitrogens is 4. The lowest BCUT2D eigenvalue weighted by Gasteiger charge is -2.37. The number of piperazine rings is 1. The van der Waals surface area contributed by atoms with Crippen molar-refractivity contribution < 1.29 is 0 Å². The number of tetrazole rings is 1. The third kappa shape index (κ3) is 4.19. The maximum atomic E-state index is 4.41. The molecule has 0 bridgehead atoms. The molecule has 6 nitrogen and oxygen atoms in total. The Morgan fingerprint density at radius 3 is 2.54 bits per heavy atom. The van der Waals surface area contributed by atoms with Gasteiger partial charge >= 0.3 is 0 Å². The largest absolute Gasteiger partial charge is 0.304 e. The van der Waals surface area contributed by atoms with Gasteiger partial charge in [0.25, 0.3) is 0 Å². The molecule has 1 fully saturated rings. The minimum atomic E-state index is 0.317. The second-order valence-electron chi connectivity index (χ2n) is 6.68. The Balaban J connectivity index is 1.78. The number of hydrogen-bond donors (Lipinski definition) is 0. The summed E-state index contributed by atoms with van der Waals surface area (Å²) >= 11 is 0. The predicted molar refractivity (Wildman–Crippen MR) is 94.7 cm³/mol. The monoisotopic (exact) mass is 328 g/mol. The summed E-state index contributed by atoms with van der Waals surface area (Å²) < 4.78 is 1.98. The van der Waals surface area contributed by atoms with Crippen LogP contribution in [0, 0.1) is 0 Å². The first-order valence-electron chi connectivity index (χ1n) is 9.00. The van der Waals surface area contributed by atoms with E-state index in [4.69, 9.17) is 0 Å². The maximum absolute atomic E-state index is 4.41. The molecule has 1 aliphatic rings. The molecule has 0 aliphatic carbocycles. The van der Waals surface area contributed by atoms with Gasteiger partial charge in [-0.3, -0.25) is 4.90 Å². The molecule has 6 heteroatoms. The van der Waals surface area contributed by atoms with Gasteiger partial charge in [-0.05, 0) is 29.5 Å². The fraction of sp³-hybridized carbons (Fsp3) is 0.611. The molecule has 0 N–H and O–H groups in total. The van der Waals surface area contributed by atoms with E-state index in [1.165, 1.54) is 18.4 Å². The molecule has 24 heavy (non-hydrogen) atoms. The van der Waals surface area contributed by atoms with E-state index >= 15 is 0 Å². The van der Waals surface area contributed by atoms with Crippen molar-refractivity contribution >= 4 is 0 Å². The van der Waals surface area contributed by atoms with E-state index in [1.807, 2.05) is 10.7 Å². The van der Waals surface area contributed by atoms with Gasteiger partial charge < -0.3 is 4.90 Å². The summed E-state index contributed by atoms with van der Waals surface area (Å²) in [7, 11) is 2.19. The van der Waals surface area contributed by atoms with Crippen LogP contribution < -0.4 is 0 Å². The first-order chi connectivity index (χ1) is 11.8. The van der Waals surface area contributed by atoms with E-state index in [0.717, 1.165) is 45.0 Å². The Morgan fingerprint density at radius 2 is 1.83 bits per heavy atom. The minimum absolute atomic E-state index is 0.317. The van der Waals surface area contributed by atoms with E-state index in [-0.39, 0.29) is 0 Å². The molecule has 1 aromatic heterocycles. The van der Waals surface area contributed by atoms with Crippen LogP contribution in [0.15, 0.2) is 30.3 Å². The van der Waals surface area contributed by atoms with Crippen LogP contribution in [-0.2, 0) is 6.54 Å². The average molecular weight is 328 g/mol. The summed E-state index contributed by atoms with van der Waals surface area (Å²) in [5, 5.41) is 12.7. The summed E-state index contributed by atoms with van der Waals surface area (Å²) in [4.78, 5) is 4.95. The Bertz CT molecular complexity index is 603. The number of benzene rings is 1. The van der Waals surface area contributed by atoms with E-state index in [2.05, 4.69) is 63.6 Å². The van der Waals surface area contributed by atoms with E-state index in [0.29, 0.717) is 6.04 Å². The SMILES string of the molecule is CCCCC(c1nnnn1Cc1ccccc1)N1CCN(C)CC1. The van der Waals surface area contributed by atoms with Crippen molar-refractivity contribution in [2.24, 2.45) is 0 Å². The van der Waals surface area contributed by atoms with Gasteiger partial charge in [-0.1, -0.05) is 50.1 Å². The van der Waals surface area contributed by atoms with E-state index in [9.17, 15) is 0 Å². The molecule has 130 valence electrons. The van der Waals surface area contributed by atoms with Gasteiger partial charge in [-0.15, -0.1) is 5.10 Å². The third-order valence-corrected chi connectivity index (χ3v) is 4.84. The summed E-state index contributed by atoms with van der Waals surface area (Å²) in [5.74, 6) is 1.01. The highest BCUT2D eigenvalue weighted by Crippen LogP contribution is 2.26. The number of rotatable bonds is 7. The highest BCUT2D eigenvalue weighted by Gasteiger charge is 2.27. The molecule has 1 saturated heterocycles. The summed E-state index contributed by atoms with van der Waals surface area (Å²) in [6.45, 7) is 7.38. The third-order valence-electron chi connectivity index (χ3n) is 4.84. The standard InChI is InChI=1S/C18H28N6/c1-3-4-10-17(23-13-11-22(2)12-14-23)18-19-20-21-24(18)15-16-8-6-5-7-9-16/h5-9,17H,3-4,10-15H2,1-2H3. The van der Waals surface area contributed by atoms with Crippen molar-refractivity contribution in [2.75, 3.05) is 33.2 Å². The smallest absolute Gasteiger partial charge is 0.168 e. The molecule has 2 heterocycles. The summed E-state index contributed by atoms with van der Waals surface area (Å²) in [6, 6.07) is 10.7. The first kappa shape index (κ1) is 17.0. The van der Waals surface area contributed by atoms with Gasteiger partial charge in [0.05, 0.1) is 12.6 Å². The molecule has 3 rings (SSSR count). The minimum Gasteiger partial charge on any atom is -0.304 e. The van der Waals surface area contributed by atoms with Gasteiger partial charge in [0.1, 0.15) is 0 Å². The lowest BCUT2D eigenvalue weighted by Crippen LogP contribution is -2.46. The lowest BCUT2D eigenvalue weighted by molar-refractivity contribution is 0.0988. The van der Waals surface area contributed by atoms with Crippen molar-refractivity contribution in [3.63, 3.8) is 0 Å². The molecule has 2 aromatic rings. The highest BCUT2D eigenvalue weighted by molar-refractivity contribution is 5.15. The van der Waals surface area contributed by atoms with Crippen LogP contribution in [0.4, 0.5) is 0 Å².